The molecule has 1 heterocycles. The Balaban J connectivity index is 2.24. The van der Waals surface area contributed by atoms with Crippen molar-refractivity contribution in [3.8, 4) is 5.75 Å². The molecule has 0 aromatic heterocycles. The van der Waals surface area contributed by atoms with E-state index in [1.165, 1.54) is 0 Å². The van der Waals surface area contributed by atoms with E-state index in [9.17, 15) is 5.11 Å². The predicted molar refractivity (Wildman–Crippen MR) is 80.5 cm³/mol. The van der Waals surface area contributed by atoms with Gasteiger partial charge in [0.25, 0.3) is 0 Å². The molecule has 4 heteroatoms. The molecule has 18 heavy (non-hydrogen) atoms. The summed E-state index contributed by atoms with van der Waals surface area (Å²) in [7, 11) is 1.68. The van der Waals surface area contributed by atoms with E-state index in [-0.39, 0.29) is 5.25 Å². The number of thioether (sulfide) groups is 1. The summed E-state index contributed by atoms with van der Waals surface area (Å²) in [4.78, 5) is 0. The fourth-order valence-electron chi connectivity index (χ4n) is 2.44. The van der Waals surface area contributed by atoms with Crippen molar-refractivity contribution >= 4 is 27.7 Å². The zero-order valence-electron chi connectivity index (χ0n) is 10.8. The lowest BCUT2D eigenvalue weighted by Gasteiger charge is -2.38. The second-order valence-electron chi connectivity index (χ2n) is 4.85. The van der Waals surface area contributed by atoms with Crippen LogP contribution < -0.4 is 4.74 Å². The number of aliphatic hydroxyl groups is 1. The van der Waals surface area contributed by atoms with Gasteiger partial charge < -0.3 is 9.84 Å². The molecule has 100 valence electrons. The van der Waals surface area contributed by atoms with Crippen molar-refractivity contribution in [3.05, 3.63) is 28.2 Å². The van der Waals surface area contributed by atoms with E-state index in [0.717, 1.165) is 34.4 Å². The van der Waals surface area contributed by atoms with Crippen LogP contribution >= 0.6 is 27.7 Å². The Morgan fingerprint density at radius 1 is 1.56 bits per heavy atom. The van der Waals surface area contributed by atoms with Gasteiger partial charge in [0.05, 0.1) is 12.7 Å². The second kappa shape index (κ2) is 5.85. The average molecular weight is 331 g/mol. The predicted octanol–water partition coefficient (Wildman–Crippen LogP) is 3.65. The van der Waals surface area contributed by atoms with Gasteiger partial charge in [0.15, 0.2) is 0 Å². The first-order chi connectivity index (χ1) is 8.55. The molecule has 0 saturated carbocycles. The smallest absolute Gasteiger partial charge is 0.122 e. The first-order valence-electron chi connectivity index (χ1n) is 6.21. The SMILES string of the molecule is COc1ccc(Br)cc1CC1(O)CCCSC1C. The highest BCUT2D eigenvalue weighted by molar-refractivity contribution is 9.10. The molecule has 0 aliphatic carbocycles. The van der Waals surface area contributed by atoms with Gasteiger partial charge >= 0.3 is 0 Å². The lowest BCUT2D eigenvalue weighted by Crippen LogP contribution is -2.43. The molecule has 2 nitrogen and oxygen atoms in total. The molecule has 1 saturated heterocycles. The van der Waals surface area contributed by atoms with E-state index >= 15 is 0 Å². The van der Waals surface area contributed by atoms with Gasteiger partial charge in [-0.2, -0.15) is 11.8 Å². The highest BCUT2D eigenvalue weighted by atomic mass is 79.9. The Morgan fingerprint density at radius 3 is 3.00 bits per heavy atom. The largest absolute Gasteiger partial charge is 0.496 e. The number of rotatable bonds is 3. The molecule has 0 spiro atoms. The zero-order chi connectivity index (χ0) is 13.2. The van der Waals surface area contributed by atoms with Crippen LogP contribution in [-0.2, 0) is 6.42 Å². The number of benzene rings is 1. The minimum atomic E-state index is -0.614. The third-order valence-corrected chi connectivity index (χ3v) is 5.57. The first-order valence-corrected chi connectivity index (χ1v) is 8.06. The van der Waals surface area contributed by atoms with E-state index in [2.05, 4.69) is 22.9 Å². The fourth-order valence-corrected chi connectivity index (χ4v) is 4.03. The molecule has 1 aromatic rings. The van der Waals surface area contributed by atoms with Gasteiger partial charge in [0.2, 0.25) is 0 Å². The maximum atomic E-state index is 10.8. The molecule has 0 radical (unpaired) electrons. The lowest BCUT2D eigenvalue weighted by molar-refractivity contribution is 0.0292. The van der Waals surface area contributed by atoms with Gasteiger partial charge in [-0.05, 0) is 42.4 Å². The number of hydrogen-bond donors (Lipinski definition) is 1. The third kappa shape index (κ3) is 3.03. The van der Waals surface area contributed by atoms with Crippen LogP contribution in [0.4, 0.5) is 0 Å². The molecule has 2 unspecified atom stereocenters. The van der Waals surface area contributed by atoms with Gasteiger partial charge in [-0.15, -0.1) is 0 Å². The Hall–Kier alpha value is -0.190. The summed E-state index contributed by atoms with van der Waals surface area (Å²) in [6.45, 7) is 2.12. The highest BCUT2D eigenvalue weighted by Gasteiger charge is 2.37. The van der Waals surface area contributed by atoms with Gasteiger partial charge in [-0.25, -0.2) is 0 Å². The van der Waals surface area contributed by atoms with Crippen molar-refractivity contribution in [1.29, 1.82) is 0 Å². The lowest BCUT2D eigenvalue weighted by atomic mass is 9.86. The molecule has 0 amide bonds. The van der Waals surface area contributed by atoms with Crippen molar-refractivity contribution in [2.45, 2.75) is 37.0 Å². The van der Waals surface area contributed by atoms with Crippen LogP contribution in [0.5, 0.6) is 5.75 Å². The van der Waals surface area contributed by atoms with E-state index in [4.69, 9.17) is 4.74 Å². The normalized spacial score (nSPS) is 28.1. The topological polar surface area (TPSA) is 29.5 Å². The van der Waals surface area contributed by atoms with Gasteiger partial charge in [0.1, 0.15) is 5.75 Å². The van der Waals surface area contributed by atoms with E-state index in [1.54, 1.807) is 7.11 Å². The summed E-state index contributed by atoms with van der Waals surface area (Å²) in [6.07, 6.45) is 2.61. The maximum Gasteiger partial charge on any atom is 0.122 e. The molecule has 2 atom stereocenters. The van der Waals surface area contributed by atoms with E-state index in [0.29, 0.717) is 6.42 Å². The standard InChI is InChI=1S/C14H19BrO2S/c1-10-14(16,6-3-7-18-10)9-11-8-12(15)4-5-13(11)17-2/h4-5,8,10,16H,3,6-7,9H2,1-2H3. The maximum absolute atomic E-state index is 10.8. The minimum absolute atomic E-state index is 0.273. The summed E-state index contributed by atoms with van der Waals surface area (Å²) in [6, 6.07) is 5.96. The monoisotopic (exact) mass is 330 g/mol. The minimum Gasteiger partial charge on any atom is -0.496 e. The number of ether oxygens (including phenoxy) is 1. The van der Waals surface area contributed by atoms with Crippen LogP contribution in [0.25, 0.3) is 0 Å². The van der Waals surface area contributed by atoms with Crippen LogP contribution in [0.2, 0.25) is 0 Å². The van der Waals surface area contributed by atoms with Crippen molar-refractivity contribution in [3.63, 3.8) is 0 Å². The summed E-state index contributed by atoms with van der Waals surface area (Å²) in [5.41, 5.74) is 0.459. The summed E-state index contributed by atoms with van der Waals surface area (Å²) in [5.74, 6) is 2.01. The molecule has 0 bridgehead atoms. The van der Waals surface area contributed by atoms with Gasteiger partial charge in [0, 0.05) is 16.1 Å². The summed E-state index contributed by atoms with van der Waals surface area (Å²) < 4.78 is 6.41. The summed E-state index contributed by atoms with van der Waals surface area (Å²) in [5, 5.41) is 11.1. The van der Waals surface area contributed by atoms with Gasteiger partial charge in [-0.3, -0.25) is 0 Å². The Bertz CT molecular complexity index is 424. The van der Waals surface area contributed by atoms with Crippen LogP contribution in [0.1, 0.15) is 25.3 Å². The summed E-state index contributed by atoms with van der Waals surface area (Å²) >= 11 is 5.34. The number of hydrogen-bond acceptors (Lipinski definition) is 3. The quantitative estimate of drug-likeness (QED) is 0.917. The third-order valence-electron chi connectivity index (χ3n) is 3.62. The molecule has 1 N–H and O–H groups in total. The van der Waals surface area contributed by atoms with Crippen molar-refractivity contribution in [2.75, 3.05) is 12.9 Å². The Kier molecular flexibility index (Phi) is 4.62. The van der Waals surface area contributed by atoms with Crippen molar-refractivity contribution < 1.29 is 9.84 Å². The van der Waals surface area contributed by atoms with E-state index in [1.807, 2.05) is 30.0 Å². The van der Waals surface area contributed by atoms with Crippen LogP contribution in [0, 0.1) is 0 Å². The van der Waals surface area contributed by atoms with Crippen LogP contribution in [0.3, 0.4) is 0 Å². The first kappa shape index (κ1) is 14.2. The van der Waals surface area contributed by atoms with Crippen LogP contribution in [-0.4, -0.2) is 28.8 Å². The molecule has 1 aromatic carbocycles. The molecule has 1 fully saturated rings. The molecule has 1 aliphatic heterocycles. The van der Waals surface area contributed by atoms with E-state index < -0.39 is 5.60 Å². The van der Waals surface area contributed by atoms with Crippen LogP contribution in [0.15, 0.2) is 22.7 Å². The zero-order valence-corrected chi connectivity index (χ0v) is 13.2. The molecule has 2 rings (SSSR count). The number of halogens is 1. The van der Waals surface area contributed by atoms with Crippen molar-refractivity contribution in [2.24, 2.45) is 0 Å². The molecular formula is C14H19BrO2S. The highest BCUT2D eigenvalue weighted by Crippen LogP contribution is 2.38. The Labute approximate surface area is 121 Å². The Morgan fingerprint density at radius 2 is 2.33 bits per heavy atom. The molecule has 1 aliphatic rings. The molecular weight excluding hydrogens is 312 g/mol. The van der Waals surface area contributed by atoms with Crippen molar-refractivity contribution in [1.82, 2.24) is 0 Å². The number of methoxy groups -OCH3 is 1. The van der Waals surface area contributed by atoms with Gasteiger partial charge in [-0.1, -0.05) is 22.9 Å². The fraction of sp³-hybridized carbons (Fsp3) is 0.571. The second-order valence-corrected chi connectivity index (χ2v) is 7.22. The average Bonchev–Trinajstić information content (AvgIpc) is 2.33.